The molecule has 0 spiro atoms. The Bertz CT molecular complexity index is 948. The lowest BCUT2D eigenvalue weighted by Gasteiger charge is -2.08. The Morgan fingerprint density at radius 2 is 1.86 bits per heavy atom. The largest absolute Gasteiger partial charge is 0.507 e. The number of phenols is 1. The Morgan fingerprint density at radius 3 is 2.59 bits per heavy atom. The average Bonchev–Trinajstić information content (AvgIpc) is 3.23. The minimum absolute atomic E-state index is 0.0543. The SMILES string of the molecule is CCCCCc1ccc(-c2cn(-c3ccc(O)c(C(=O)NCCC)c3)nn2)cc1. The second-order valence-electron chi connectivity index (χ2n) is 7.16. The third-order valence-electron chi connectivity index (χ3n) is 4.84. The predicted molar refractivity (Wildman–Crippen MR) is 114 cm³/mol. The van der Waals surface area contributed by atoms with Crippen molar-refractivity contribution in [2.45, 2.75) is 46.0 Å². The zero-order valence-electron chi connectivity index (χ0n) is 17.1. The number of hydrogen-bond donors (Lipinski definition) is 2. The van der Waals surface area contributed by atoms with Gasteiger partial charge in [0.25, 0.3) is 5.91 Å². The van der Waals surface area contributed by atoms with Crippen LogP contribution in [0.1, 0.15) is 55.5 Å². The summed E-state index contributed by atoms with van der Waals surface area (Å²) in [5.41, 5.74) is 3.98. The molecular formula is C23H28N4O2. The summed E-state index contributed by atoms with van der Waals surface area (Å²) in [4.78, 5) is 12.2. The molecule has 0 radical (unpaired) electrons. The Kier molecular flexibility index (Phi) is 7.00. The monoisotopic (exact) mass is 392 g/mol. The molecule has 1 aromatic heterocycles. The maximum Gasteiger partial charge on any atom is 0.255 e. The third-order valence-corrected chi connectivity index (χ3v) is 4.84. The van der Waals surface area contributed by atoms with Crippen LogP contribution in [0.15, 0.2) is 48.7 Å². The number of aromatic nitrogens is 3. The number of nitrogens with zero attached hydrogens (tertiary/aromatic N) is 3. The lowest BCUT2D eigenvalue weighted by Crippen LogP contribution is -2.24. The first kappa shape index (κ1) is 20.6. The van der Waals surface area contributed by atoms with E-state index in [1.165, 1.54) is 30.9 Å². The van der Waals surface area contributed by atoms with Crippen molar-refractivity contribution in [2.75, 3.05) is 6.54 Å². The van der Waals surface area contributed by atoms with Gasteiger partial charge in [0.15, 0.2) is 0 Å². The first-order valence-electron chi connectivity index (χ1n) is 10.3. The van der Waals surface area contributed by atoms with Crippen LogP contribution >= 0.6 is 0 Å². The molecule has 3 rings (SSSR count). The summed E-state index contributed by atoms with van der Waals surface area (Å²) < 4.78 is 1.61. The summed E-state index contributed by atoms with van der Waals surface area (Å²) >= 11 is 0. The summed E-state index contributed by atoms with van der Waals surface area (Å²) in [7, 11) is 0. The summed E-state index contributed by atoms with van der Waals surface area (Å²) in [6.07, 6.45) is 7.43. The van der Waals surface area contributed by atoms with Crippen LogP contribution in [-0.2, 0) is 6.42 Å². The number of benzene rings is 2. The van der Waals surface area contributed by atoms with E-state index in [2.05, 4.69) is 46.8 Å². The first-order chi connectivity index (χ1) is 14.1. The Morgan fingerprint density at radius 1 is 1.07 bits per heavy atom. The van der Waals surface area contributed by atoms with E-state index in [9.17, 15) is 9.90 Å². The average molecular weight is 393 g/mol. The third kappa shape index (κ3) is 5.22. The minimum atomic E-state index is -0.301. The highest BCUT2D eigenvalue weighted by Gasteiger charge is 2.13. The molecule has 0 aliphatic rings. The maximum atomic E-state index is 12.2. The molecule has 0 saturated heterocycles. The fraction of sp³-hybridized carbons (Fsp3) is 0.348. The number of rotatable bonds is 9. The number of hydrogen-bond acceptors (Lipinski definition) is 4. The molecule has 0 atom stereocenters. The molecule has 6 nitrogen and oxygen atoms in total. The van der Waals surface area contributed by atoms with E-state index < -0.39 is 0 Å². The van der Waals surface area contributed by atoms with Gasteiger partial charge in [0.1, 0.15) is 11.4 Å². The number of carbonyl (C=O) groups is 1. The van der Waals surface area contributed by atoms with E-state index in [0.29, 0.717) is 12.2 Å². The molecule has 152 valence electrons. The van der Waals surface area contributed by atoms with Crippen molar-refractivity contribution in [3.8, 4) is 22.7 Å². The van der Waals surface area contributed by atoms with E-state index in [-0.39, 0.29) is 17.2 Å². The maximum absolute atomic E-state index is 12.2. The summed E-state index contributed by atoms with van der Waals surface area (Å²) in [6, 6.07) is 13.2. The molecule has 1 heterocycles. The smallest absolute Gasteiger partial charge is 0.255 e. The van der Waals surface area contributed by atoms with Crippen LogP contribution in [0.2, 0.25) is 0 Å². The highest BCUT2D eigenvalue weighted by atomic mass is 16.3. The second-order valence-corrected chi connectivity index (χ2v) is 7.16. The Labute approximate surface area is 171 Å². The van der Waals surface area contributed by atoms with Crippen LogP contribution in [0, 0.1) is 0 Å². The van der Waals surface area contributed by atoms with E-state index in [1.54, 1.807) is 16.8 Å². The van der Waals surface area contributed by atoms with Crippen LogP contribution in [0.5, 0.6) is 5.75 Å². The van der Waals surface area contributed by atoms with Gasteiger partial charge < -0.3 is 10.4 Å². The number of aryl methyl sites for hydroxylation is 1. The van der Waals surface area contributed by atoms with Crippen molar-refractivity contribution in [1.29, 1.82) is 0 Å². The Balaban J connectivity index is 1.77. The molecule has 0 saturated carbocycles. The molecule has 0 bridgehead atoms. The van der Waals surface area contributed by atoms with Crippen molar-refractivity contribution >= 4 is 5.91 Å². The van der Waals surface area contributed by atoms with Gasteiger partial charge in [-0.15, -0.1) is 5.10 Å². The van der Waals surface area contributed by atoms with Crippen LogP contribution in [-0.4, -0.2) is 32.6 Å². The Hall–Kier alpha value is -3.15. The normalized spacial score (nSPS) is 10.8. The van der Waals surface area contributed by atoms with E-state index in [0.717, 1.165) is 24.1 Å². The first-order valence-corrected chi connectivity index (χ1v) is 10.3. The van der Waals surface area contributed by atoms with Crippen molar-refractivity contribution in [2.24, 2.45) is 0 Å². The van der Waals surface area contributed by atoms with Gasteiger partial charge in [-0.3, -0.25) is 4.79 Å². The van der Waals surface area contributed by atoms with Crippen LogP contribution in [0.25, 0.3) is 16.9 Å². The van der Waals surface area contributed by atoms with Crippen LogP contribution < -0.4 is 5.32 Å². The topological polar surface area (TPSA) is 80.0 Å². The molecule has 0 aliphatic heterocycles. The van der Waals surface area contributed by atoms with Gasteiger partial charge in [0.05, 0.1) is 17.4 Å². The van der Waals surface area contributed by atoms with Gasteiger partial charge in [-0.25, -0.2) is 4.68 Å². The van der Waals surface area contributed by atoms with Gasteiger partial charge in [0.2, 0.25) is 0 Å². The van der Waals surface area contributed by atoms with Crippen LogP contribution in [0.4, 0.5) is 0 Å². The summed E-state index contributed by atoms with van der Waals surface area (Å²) in [5.74, 6) is -0.355. The number of unbranched alkanes of at least 4 members (excludes halogenated alkanes) is 2. The standard InChI is InChI=1S/C23H28N4O2/c1-3-5-6-7-17-8-10-18(11-9-17)21-16-27(26-25-21)19-12-13-22(28)20(15-19)23(29)24-14-4-2/h8-13,15-16,28H,3-7,14H2,1-2H3,(H,24,29). The molecule has 0 aliphatic carbocycles. The fourth-order valence-corrected chi connectivity index (χ4v) is 3.13. The van der Waals surface area contributed by atoms with Crippen molar-refractivity contribution in [3.05, 3.63) is 59.8 Å². The number of nitrogens with one attached hydrogen (secondary N) is 1. The van der Waals surface area contributed by atoms with Gasteiger partial charge >= 0.3 is 0 Å². The molecule has 2 aromatic carbocycles. The molecule has 0 unspecified atom stereocenters. The number of phenolic OH excluding ortho intramolecular Hbond substituents is 1. The molecule has 2 N–H and O–H groups in total. The number of amides is 1. The molecule has 0 fully saturated rings. The second kappa shape index (κ2) is 9.87. The van der Waals surface area contributed by atoms with Crippen molar-refractivity contribution in [3.63, 3.8) is 0 Å². The van der Waals surface area contributed by atoms with E-state index in [4.69, 9.17) is 0 Å². The molecule has 3 aromatic rings. The highest BCUT2D eigenvalue weighted by molar-refractivity contribution is 5.97. The van der Waals surface area contributed by atoms with Gasteiger partial charge in [-0.2, -0.15) is 0 Å². The van der Waals surface area contributed by atoms with Crippen molar-refractivity contribution < 1.29 is 9.90 Å². The minimum Gasteiger partial charge on any atom is -0.507 e. The fourth-order valence-electron chi connectivity index (χ4n) is 3.13. The summed E-state index contributed by atoms with van der Waals surface area (Å²) in [5, 5.41) is 21.3. The zero-order valence-corrected chi connectivity index (χ0v) is 17.1. The molecular weight excluding hydrogens is 364 g/mol. The van der Waals surface area contributed by atoms with E-state index in [1.807, 2.05) is 13.1 Å². The van der Waals surface area contributed by atoms with E-state index >= 15 is 0 Å². The molecule has 29 heavy (non-hydrogen) atoms. The molecule has 6 heteroatoms. The quantitative estimate of drug-likeness (QED) is 0.525. The lowest BCUT2D eigenvalue weighted by atomic mass is 10.0. The van der Waals surface area contributed by atoms with Gasteiger partial charge in [-0.05, 0) is 43.0 Å². The number of carbonyl (C=O) groups excluding carboxylic acids is 1. The van der Waals surface area contributed by atoms with Gasteiger partial charge in [-0.1, -0.05) is 56.2 Å². The van der Waals surface area contributed by atoms with Crippen LogP contribution in [0.3, 0.4) is 0 Å². The lowest BCUT2D eigenvalue weighted by molar-refractivity contribution is 0.0951. The zero-order chi connectivity index (χ0) is 20.6. The summed E-state index contributed by atoms with van der Waals surface area (Å²) in [6.45, 7) is 4.75. The number of aromatic hydroxyl groups is 1. The van der Waals surface area contributed by atoms with Gasteiger partial charge in [0, 0.05) is 12.1 Å². The predicted octanol–water partition coefficient (Wildman–Crippen LogP) is 4.51. The molecule has 1 amide bonds. The highest BCUT2D eigenvalue weighted by Crippen LogP contribution is 2.23. The van der Waals surface area contributed by atoms with Crippen molar-refractivity contribution in [1.82, 2.24) is 20.3 Å².